The Morgan fingerprint density at radius 2 is 1.60 bits per heavy atom. The van der Waals surface area contributed by atoms with Crippen molar-refractivity contribution in [2.24, 2.45) is 5.92 Å². The molecule has 0 aliphatic carbocycles. The molecule has 1 N–H and O–H groups in total. The summed E-state index contributed by atoms with van der Waals surface area (Å²) < 4.78 is 0. The van der Waals surface area contributed by atoms with Crippen LogP contribution in [0.1, 0.15) is 20.8 Å². The molecule has 1 rings (SSSR count). The van der Waals surface area contributed by atoms with E-state index in [1.807, 2.05) is 4.90 Å². The summed E-state index contributed by atoms with van der Waals surface area (Å²) in [5.41, 5.74) is 0. The van der Waals surface area contributed by atoms with Crippen molar-refractivity contribution in [3.05, 3.63) is 0 Å². The van der Waals surface area contributed by atoms with Crippen molar-refractivity contribution in [2.45, 2.75) is 20.8 Å². The number of carbonyl (C=O) groups excluding carboxylic acids is 1. The van der Waals surface area contributed by atoms with Crippen LogP contribution in [0.3, 0.4) is 0 Å². The highest BCUT2D eigenvalue weighted by Crippen LogP contribution is 1.96. The first-order valence-electron chi connectivity index (χ1n) is 5.62. The predicted molar refractivity (Wildman–Crippen MR) is 64.0 cm³/mol. The lowest BCUT2D eigenvalue weighted by molar-refractivity contribution is 0.164. The van der Waals surface area contributed by atoms with Crippen LogP contribution in [-0.4, -0.2) is 56.1 Å². The molecule has 4 nitrogen and oxygen atoms in total. The molecule has 1 heterocycles. The zero-order valence-corrected chi connectivity index (χ0v) is 10.7. The molecule has 0 saturated carbocycles. The van der Waals surface area contributed by atoms with Crippen LogP contribution in [0.25, 0.3) is 0 Å². The lowest BCUT2D eigenvalue weighted by Crippen LogP contribution is -2.49. The molecule has 90 valence electrons. The molecule has 0 spiro atoms. The van der Waals surface area contributed by atoms with Crippen LogP contribution < -0.4 is 5.32 Å². The Balaban J connectivity index is 0.000000423. The number of nitrogens with zero attached hydrogens (tertiary/aromatic N) is 2. The van der Waals surface area contributed by atoms with E-state index in [4.69, 9.17) is 0 Å². The zero-order valence-electron chi connectivity index (χ0n) is 10.7. The van der Waals surface area contributed by atoms with Gasteiger partial charge in [0.15, 0.2) is 0 Å². The molecular formula is C11H25N3O. The highest BCUT2D eigenvalue weighted by atomic mass is 16.2. The molecule has 0 bridgehead atoms. The third-order valence-electron chi connectivity index (χ3n) is 1.77. The van der Waals surface area contributed by atoms with Crippen molar-refractivity contribution in [2.75, 3.05) is 40.3 Å². The molecule has 0 aromatic rings. The molecule has 1 aliphatic rings. The quantitative estimate of drug-likeness (QED) is 0.660. The van der Waals surface area contributed by atoms with E-state index >= 15 is 0 Å². The van der Waals surface area contributed by atoms with Gasteiger partial charge in [0.25, 0.3) is 0 Å². The van der Waals surface area contributed by atoms with Gasteiger partial charge in [-0.15, -0.1) is 0 Å². The topological polar surface area (TPSA) is 35.6 Å². The van der Waals surface area contributed by atoms with Crippen molar-refractivity contribution >= 4 is 6.03 Å². The number of rotatable bonds is 0. The Kier molecular flexibility index (Phi) is 7.13. The molecule has 0 aromatic carbocycles. The summed E-state index contributed by atoms with van der Waals surface area (Å²) in [6.45, 7) is 9.99. The molecule has 0 aromatic heterocycles. The second kappa shape index (κ2) is 7.51. The van der Waals surface area contributed by atoms with E-state index in [9.17, 15) is 4.79 Å². The van der Waals surface area contributed by atoms with E-state index in [1.165, 1.54) is 0 Å². The molecule has 1 aliphatic heterocycles. The molecule has 15 heavy (non-hydrogen) atoms. The van der Waals surface area contributed by atoms with Crippen molar-refractivity contribution in [1.29, 1.82) is 0 Å². The van der Waals surface area contributed by atoms with Gasteiger partial charge in [-0.25, -0.2) is 4.79 Å². The summed E-state index contributed by atoms with van der Waals surface area (Å²) in [6.07, 6.45) is 0. The van der Waals surface area contributed by atoms with Crippen LogP contribution in [0, 0.1) is 5.92 Å². The van der Waals surface area contributed by atoms with Gasteiger partial charge in [0.2, 0.25) is 0 Å². The second-order valence-electron chi connectivity index (χ2n) is 4.65. The molecule has 0 unspecified atom stereocenters. The lowest BCUT2D eigenvalue weighted by atomic mass is 10.3. The van der Waals surface area contributed by atoms with Crippen LogP contribution in [0.2, 0.25) is 0 Å². The van der Waals surface area contributed by atoms with E-state index in [1.54, 1.807) is 19.0 Å². The Bertz CT molecular complexity index is 172. The van der Waals surface area contributed by atoms with Crippen molar-refractivity contribution in [1.82, 2.24) is 15.1 Å². The summed E-state index contributed by atoms with van der Waals surface area (Å²) in [5, 5.41) is 3.20. The van der Waals surface area contributed by atoms with Gasteiger partial charge in [-0.05, 0) is 5.92 Å². The van der Waals surface area contributed by atoms with Crippen LogP contribution >= 0.6 is 0 Å². The van der Waals surface area contributed by atoms with Gasteiger partial charge >= 0.3 is 6.03 Å². The molecule has 1 fully saturated rings. The first-order chi connectivity index (χ1) is 6.95. The Morgan fingerprint density at radius 1 is 1.20 bits per heavy atom. The number of hydrogen-bond donors (Lipinski definition) is 1. The molecule has 4 heteroatoms. The smallest absolute Gasteiger partial charge is 0.319 e. The number of hydrogen-bond acceptors (Lipinski definition) is 2. The van der Waals surface area contributed by atoms with E-state index in [-0.39, 0.29) is 6.03 Å². The van der Waals surface area contributed by atoms with Crippen LogP contribution in [-0.2, 0) is 0 Å². The van der Waals surface area contributed by atoms with Gasteiger partial charge in [-0.1, -0.05) is 20.8 Å². The minimum atomic E-state index is 0.117. The largest absolute Gasteiger partial charge is 0.331 e. The molecular weight excluding hydrogens is 190 g/mol. The molecule has 0 atom stereocenters. The fourth-order valence-corrected chi connectivity index (χ4v) is 1.14. The third kappa shape index (κ3) is 7.19. The Hall–Kier alpha value is -0.770. The minimum absolute atomic E-state index is 0.117. The summed E-state index contributed by atoms with van der Waals surface area (Å²) >= 11 is 0. The van der Waals surface area contributed by atoms with Gasteiger partial charge in [0, 0.05) is 40.3 Å². The molecule has 0 radical (unpaired) electrons. The average molecular weight is 215 g/mol. The standard InChI is InChI=1S/C7H15N3O.C4H10/c1-9(2)7(11)10-5-3-8-4-6-10;1-4(2)3/h8H,3-6H2,1-2H3;4H,1-3H3. The number of piperazine rings is 1. The summed E-state index contributed by atoms with van der Waals surface area (Å²) in [6, 6.07) is 0.117. The van der Waals surface area contributed by atoms with Crippen LogP contribution in [0.15, 0.2) is 0 Å². The molecule has 2 amide bonds. The van der Waals surface area contributed by atoms with Gasteiger partial charge < -0.3 is 15.1 Å². The minimum Gasteiger partial charge on any atom is -0.331 e. The van der Waals surface area contributed by atoms with Gasteiger partial charge in [0.1, 0.15) is 0 Å². The SMILES string of the molecule is CC(C)C.CN(C)C(=O)N1CCNCC1. The van der Waals surface area contributed by atoms with Crippen LogP contribution in [0.5, 0.6) is 0 Å². The zero-order chi connectivity index (χ0) is 11.8. The molecule has 1 saturated heterocycles. The Morgan fingerprint density at radius 3 is 1.93 bits per heavy atom. The van der Waals surface area contributed by atoms with E-state index in [0.29, 0.717) is 0 Å². The van der Waals surface area contributed by atoms with Gasteiger partial charge in [-0.2, -0.15) is 0 Å². The van der Waals surface area contributed by atoms with E-state index < -0.39 is 0 Å². The lowest BCUT2D eigenvalue weighted by Gasteiger charge is -2.29. The number of amides is 2. The predicted octanol–water partition coefficient (Wildman–Crippen LogP) is 1.24. The highest BCUT2D eigenvalue weighted by molar-refractivity contribution is 5.73. The van der Waals surface area contributed by atoms with E-state index in [2.05, 4.69) is 26.1 Å². The maximum Gasteiger partial charge on any atom is 0.319 e. The fraction of sp³-hybridized carbons (Fsp3) is 0.909. The second-order valence-corrected chi connectivity index (χ2v) is 4.65. The number of urea groups is 1. The normalized spacial score (nSPS) is 15.7. The number of carbonyl (C=O) groups is 1. The summed E-state index contributed by atoms with van der Waals surface area (Å²) in [5.74, 6) is 0.833. The monoisotopic (exact) mass is 215 g/mol. The van der Waals surface area contributed by atoms with Crippen LogP contribution in [0.4, 0.5) is 4.79 Å². The van der Waals surface area contributed by atoms with Gasteiger partial charge in [0.05, 0.1) is 0 Å². The Labute approximate surface area is 93.6 Å². The first kappa shape index (κ1) is 14.2. The summed E-state index contributed by atoms with van der Waals surface area (Å²) in [4.78, 5) is 14.8. The van der Waals surface area contributed by atoms with Gasteiger partial charge in [-0.3, -0.25) is 0 Å². The van der Waals surface area contributed by atoms with Crippen molar-refractivity contribution in [3.8, 4) is 0 Å². The first-order valence-corrected chi connectivity index (χ1v) is 5.62. The highest BCUT2D eigenvalue weighted by Gasteiger charge is 2.16. The average Bonchev–Trinajstić information content (AvgIpc) is 2.17. The van der Waals surface area contributed by atoms with Crippen molar-refractivity contribution in [3.63, 3.8) is 0 Å². The van der Waals surface area contributed by atoms with E-state index in [0.717, 1.165) is 32.1 Å². The maximum atomic E-state index is 11.3. The third-order valence-corrected chi connectivity index (χ3v) is 1.77. The fourth-order valence-electron chi connectivity index (χ4n) is 1.14. The van der Waals surface area contributed by atoms with Crippen molar-refractivity contribution < 1.29 is 4.79 Å². The summed E-state index contributed by atoms with van der Waals surface area (Å²) in [7, 11) is 3.56. The maximum absolute atomic E-state index is 11.3. The number of nitrogens with one attached hydrogen (secondary N) is 1.